The highest BCUT2D eigenvalue weighted by Crippen LogP contribution is 2.22. The number of hydrogen-bond donors (Lipinski definition) is 0. The highest BCUT2D eigenvalue weighted by molar-refractivity contribution is 5.48. The lowest BCUT2D eigenvalue weighted by atomic mass is 10.3. The molecule has 0 atom stereocenters. The van der Waals surface area contributed by atoms with Gasteiger partial charge in [-0.3, -0.25) is 0 Å². The van der Waals surface area contributed by atoms with E-state index >= 15 is 0 Å². The largest absolute Gasteiger partial charge is 0.369 e. The summed E-state index contributed by atoms with van der Waals surface area (Å²) in [6, 6.07) is 6.99. The summed E-state index contributed by atoms with van der Waals surface area (Å²) in [4.78, 5) is 2.11. The smallest absolute Gasteiger partial charge is 0.146 e. The molecule has 12 heavy (non-hydrogen) atoms. The van der Waals surface area contributed by atoms with Crippen LogP contribution in [0.1, 0.15) is 12.8 Å². The molecule has 0 saturated carbocycles. The molecule has 0 unspecified atom stereocenters. The molecule has 0 bridgehead atoms. The molecule has 64 valence electrons. The van der Waals surface area contributed by atoms with E-state index in [4.69, 9.17) is 0 Å². The average Bonchev–Trinajstić information content (AvgIpc) is 2.57. The van der Waals surface area contributed by atoms with Gasteiger partial charge in [0.25, 0.3) is 0 Å². The average molecular weight is 165 g/mol. The lowest BCUT2D eigenvalue weighted by molar-refractivity contribution is 0.623. The van der Waals surface area contributed by atoms with Crippen molar-refractivity contribution in [2.45, 2.75) is 12.8 Å². The van der Waals surface area contributed by atoms with Crippen molar-refractivity contribution in [3.63, 3.8) is 0 Å². The number of halogens is 1. The summed E-state index contributed by atoms with van der Waals surface area (Å²) in [6.45, 7) is 2.00. The van der Waals surface area contributed by atoms with Gasteiger partial charge in [0, 0.05) is 13.1 Å². The van der Waals surface area contributed by atoms with Crippen molar-refractivity contribution < 1.29 is 4.39 Å². The van der Waals surface area contributed by atoms with E-state index in [1.807, 2.05) is 12.1 Å². The third kappa shape index (κ3) is 1.29. The molecule has 1 fully saturated rings. The van der Waals surface area contributed by atoms with Gasteiger partial charge in [0.15, 0.2) is 0 Å². The van der Waals surface area contributed by atoms with E-state index in [9.17, 15) is 4.39 Å². The Balaban J connectivity index is 2.26. The fraction of sp³-hybridized carbons (Fsp3) is 0.400. The number of hydrogen-bond acceptors (Lipinski definition) is 1. The van der Waals surface area contributed by atoms with Crippen LogP contribution in [0.3, 0.4) is 0 Å². The van der Waals surface area contributed by atoms with E-state index in [-0.39, 0.29) is 5.82 Å². The maximum atomic E-state index is 13.2. The monoisotopic (exact) mass is 165 g/mol. The maximum Gasteiger partial charge on any atom is 0.146 e. The van der Waals surface area contributed by atoms with Crippen molar-refractivity contribution in [1.29, 1.82) is 0 Å². The Morgan fingerprint density at radius 2 is 1.75 bits per heavy atom. The van der Waals surface area contributed by atoms with Crippen molar-refractivity contribution in [3.8, 4) is 0 Å². The van der Waals surface area contributed by atoms with Crippen molar-refractivity contribution in [1.82, 2.24) is 0 Å². The Bertz CT molecular complexity index is 266. The zero-order valence-electron chi connectivity index (χ0n) is 6.96. The second-order valence-electron chi connectivity index (χ2n) is 3.15. The molecule has 1 aromatic carbocycles. The third-order valence-corrected chi connectivity index (χ3v) is 2.30. The fourth-order valence-corrected chi connectivity index (χ4v) is 1.67. The van der Waals surface area contributed by atoms with Crippen LogP contribution >= 0.6 is 0 Å². The summed E-state index contributed by atoms with van der Waals surface area (Å²) < 4.78 is 13.2. The molecule has 2 heteroatoms. The first kappa shape index (κ1) is 7.59. The third-order valence-electron chi connectivity index (χ3n) is 2.30. The molecule has 0 aromatic heterocycles. The van der Waals surface area contributed by atoms with Crippen molar-refractivity contribution in [2.75, 3.05) is 18.0 Å². The quantitative estimate of drug-likeness (QED) is 0.617. The summed E-state index contributed by atoms with van der Waals surface area (Å²) in [6.07, 6.45) is 2.38. The summed E-state index contributed by atoms with van der Waals surface area (Å²) in [5.41, 5.74) is 0.759. The van der Waals surface area contributed by atoms with Crippen LogP contribution in [0.25, 0.3) is 0 Å². The molecule has 1 saturated heterocycles. The molecule has 1 aliphatic rings. The molecule has 0 spiro atoms. The van der Waals surface area contributed by atoms with Gasteiger partial charge in [-0.05, 0) is 25.0 Å². The predicted octanol–water partition coefficient (Wildman–Crippen LogP) is 2.43. The number of benzene rings is 1. The fourth-order valence-electron chi connectivity index (χ4n) is 1.67. The van der Waals surface area contributed by atoms with Crippen LogP contribution in [0.2, 0.25) is 0 Å². The van der Waals surface area contributed by atoms with Gasteiger partial charge >= 0.3 is 0 Å². The zero-order valence-corrected chi connectivity index (χ0v) is 6.96. The van der Waals surface area contributed by atoms with Crippen LogP contribution in [-0.4, -0.2) is 13.1 Å². The minimum Gasteiger partial charge on any atom is -0.369 e. The van der Waals surface area contributed by atoms with Gasteiger partial charge in [-0.15, -0.1) is 0 Å². The lowest BCUT2D eigenvalue weighted by Gasteiger charge is -2.17. The van der Waals surface area contributed by atoms with E-state index < -0.39 is 0 Å². The first-order chi connectivity index (χ1) is 5.88. The van der Waals surface area contributed by atoms with Gasteiger partial charge < -0.3 is 4.90 Å². The number of rotatable bonds is 1. The highest BCUT2D eigenvalue weighted by atomic mass is 19.1. The summed E-state index contributed by atoms with van der Waals surface area (Å²) in [5, 5.41) is 0. The van der Waals surface area contributed by atoms with Gasteiger partial charge in [-0.25, -0.2) is 4.39 Å². The predicted molar refractivity (Wildman–Crippen MR) is 47.8 cm³/mol. The van der Waals surface area contributed by atoms with Crippen LogP contribution in [0, 0.1) is 5.82 Å². The van der Waals surface area contributed by atoms with Gasteiger partial charge in [0.2, 0.25) is 0 Å². The van der Waals surface area contributed by atoms with Crippen molar-refractivity contribution >= 4 is 5.69 Å². The second kappa shape index (κ2) is 3.13. The molecule has 1 nitrogen and oxygen atoms in total. The van der Waals surface area contributed by atoms with Crippen LogP contribution in [0.5, 0.6) is 0 Å². The minimum atomic E-state index is -0.0978. The first-order valence-electron chi connectivity index (χ1n) is 4.37. The second-order valence-corrected chi connectivity index (χ2v) is 3.15. The number of anilines is 1. The summed E-state index contributed by atoms with van der Waals surface area (Å²) >= 11 is 0. The van der Waals surface area contributed by atoms with E-state index in [0.717, 1.165) is 18.8 Å². The maximum absolute atomic E-state index is 13.2. The summed E-state index contributed by atoms with van der Waals surface area (Å²) in [7, 11) is 0. The van der Waals surface area contributed by atoms with E-state index in [1.54, 1.807) is 6.07 Å². The van der Waals surface area contributed by atoms with E-state index in [2.05, 4.69) is 4.90 Å². The molecule has 1 aliphatic heterocycles. The molecule has 1 heterocycles. The van der Waals surface area contributed by atoms with Crippen LogP contribution in [0.4, 0.5) is 10.1 Å². The molecule has 2 rings (SSSR count). The Kier molecular flexibility index (Phi) is 1.98. The Morgan fingerprint density at radius 3 is 2.42 bits per heavy atom. The molecule has 0 N–H and O–H groups in total. The topological polar surface area (TPSA) is 3.24 Å². The lowest BCUT2D eigenvalue weighted by Crippen LogP contribution is -2.18. The number of nitrogens with zero attached hydrogens (tertiary/aromatic N) is 1. The Morgan fingerprint density at radius 1 is 1.08 bits per heavy atom. The van der Waals surface area contributed by atoms with Gasteiger partial charge in [-0.1, -0.05) is 12.1 Å². The minimum absolute atomic E-state index is 0.0978. The zero-order chi connectivity index (χ0) is 8.39. The Labute approximate surface area is 71.8 Å². The molecular formula is C10H12FN. The van der Waals surface area contributed by atoms with E-state index in [1.165, 1.54) is 18.9 Å². The van der Waals surface area contributed by atoms with Gasteiger partial charge in [0.05, 0.1) is 5.69 Å². The standard InChI is InChI=1S/C10H12FN/c11-9-5-1-2-6-10(9)12-7-3-4-8-12/h1-2,5-6H,3-4,7-8H2. The van der Waals surface area contributed by atoms with Crippen molar-refractivity contribution in [2.24, 2.45) is 0 Å². The van der Waals surface area contributed by atoms with Crippen LogP contribution in [0.15, 0.2) is 24.3 Å². The van der Waals surface area contributed by atoms with Crippen molar-refractivity contribution in [3.05, 3.63) is 30.1 Å². The van der Waals surface area contributed by atoms with E-state index in [0.29, 0.717) is 0 Å². The molecule has 0 aliphatic carbocycles. The number of para-hydroxylation sites is 1. The highest BCUT2D eigenvalue weighted by Gasteiger charge is 2.14. The van der Waals surface area contributed by atoms with Gasteiger partial charge in [-0.2, -0.15) is 0 Å². The molecular weight excluding hydrogens is 153 g/mol. The normalized spacial score (nSPS) is 16.9. The first-order valence-corrected chi connectivity index (χ1v) is 4.37. The van der Waals surface area contributed by atoms with Gasteiger partial charge in [0.1, 0.15) is 5.82 Å². The van der Waals surface area contributed by atoms with Crippen LogP contribution < -0.4 is 4.90 Å². The molecule has 0 radical (unpaired) electrons. The SMILES string of the molecule is Fc1ccccc1N1CCCC1. The Hall–Kier alpha value is -1.05. The summed E-state index contributed by atoms with van der Waals surface area (Å²) in [5.74, 6) is -0.0978. The molecule has 1 aromatic rings. The molecule has 0 amide bonds. The van der Waals surface area contributed by atoms with Crippen LogP contribution in [-0.2, 0) is 0 Å².